The second-order valence-corrected chi connectivity index (χ2v) is 9.51. The molecule has 0 amide bonds. The fourth-order valence-corrected chi connectivity index (χ4v) is 4.37. The van der Waals surface area contributed by atoms with Gasteiger partial charge < -0.3 is 4.74 Å². The van der Waals surface area contributed by atoms with E-state index in [0.717, 1.165) is 12.4 Å². The van der Waals surface area contributed by atoms with Crippen LogP contribution in [0.5, 0.6) is 5.75 Å². The Morgan fingerprint density at radius 1 is 0.548 bits per heavy atom. The lowest BCUT2D eigenvalue weighted by Gasteiger charge is -2.06. The molecule has 1 aromatic rings. The van der Waals surface area contributed by atoms with E-state index < -0.39 is 0 Å². The Kier molecular flexibility index (Phi) is 21.4. The highest BCUT2D eigenvalue weighted by Crippen LogP contribution is 2.15. The second-order valence-electron chi connectivity index (χ2n) is 9.51. The minimum Gasteiger partial charge on any atom is -0.494 e. The largest absolute Gasteiger partial charge is 0.494 e. The summed E-state index contributed by atoms with van der Waals surface area (Å²) in [5.74, 6) is 0.950. The lowest BCUT2D eigenvalue weighted by molar-refractivity contribution is 0.304. The maximum absolute atomic E-state index is 5.72. The van der Waals surface area contributed by atoms with Crippen molar-refractivity contribution in [2.75, 3.05) is 6.61 Å². The monoisotopic (exact) mass is 429 g/mol. The molecule has 1 heteroatoms. The molecule has 1 rings (SSSR count). The number of hydrogen-bond donors (Lipinski definition) is 0. The summed E-state index contributed by atoms with van der Waals surface area (Å²) in [5.41, 5.74) is 0. The van der Waals surface area contributed by atoms with Gasteiger partial charge in [-0.2, -0.15) is 0 Å². The Hall–Kier alpha value is -0.980. The van der Waals surface area contributed by atoms with Gasteiger partial charge in [0.1, 0.15) is 5.75 Å². The minimum absolute atomic E-state index is 0.844. The third kappa shape index (κ3) is 20.7. The van der Waals surface area contributed by atoms with Gasteiger partial charge in [0, 0.05) is 0 Å². The summed E-state index contributed by atoms with van der Waals surface area (Å²) < 4.78 is 5.72. The van der Waals surface area contributed by atoms with Crippen LogP contribution in [0.4, 0.5) is 0 Å². The van der Waals surface area contributed by atoms with Gasteiger partial charge in [-0.1, -0.05) is 154 Å². The molecule has 0 spiro atoms. The molecule has 0 aliphatic heterocycles. The maximum atomic E-state index is 5.72. The Labute approximate surface area is 195 Å². The van der Waals surface area contributed by atoms with E-state index in [4.69, 9.17) is 4.74 Å². The number of rotatable bonds is 24. The molecule has 1 radical (unpaired) electrons. The van der Waals surface area contributed by atoms with Gasteiger partial charge in [0.25, 0.3) is 0 Å². The highest BCUT2D eigenvalue weighted by atomic mass is 16.5. The van der Waals surface area contributed by atoms with E-state index in [0.29, 0.717) is 0 Å². The molecular weight excluding hydrogens is 376 g/mol. The van der Waals surface area contributed by atoms with Crippen molar-refractivity contribution in [1.29, 1.82) is 0 Å². The summed E-state index contributed by atoms with van der Waals surface area (Å²) in [6.45, 7) is 3.14. The average molecular weight is 430 g/mol. The first-order valence-corrected chi connectivity index (χ1v) is 14.0. The zero-order valence-electron chi connectivity index (χ0n) is 21.0. The Morgan fingerprint density at radius 3 is 1.29 bits per heavy atom. The number of ether oxygens (including phenoxy) is 1. The highest BCUT2D eigenvalue weighted by Gasteiger charge is 1.96. The molecular formula is C30H53O. The molecule has 0 heterocycles. The van der Waals surface area contributed by atoms with Crippen molar-refractivity contribution >= 4 is 0 Å². The van der Waals surface area contributed by atoms with Crippen molar-refractivity contribution in [3.8, 4) is 5.75 Å². The van der Waals surface area contributed by atoms with Gasteiger partial charge in [0.05, 0.1) is 6.61 Å². The first-order valence-electron chi connectivity index (χ1n) is 14.0. The van der Waals surface area contributed by atoms with Crippen molar-refractivity contribution in [3.63, 3.8) is 0 Å². The number of unbranched alkanes of at least 4 members (excludes halogenated alkanes) is 21. The van der Waals surface area contributed by atoms with Crippen LogP contribution in [0.1, 0.15) is 148 Å². The zero-order valence-corrected chi connectivity index (χ0v) is 21.0. The van der Waals surface area contributed by atoms with Crippen molar-refractivity contribution in [3.05, 3.63) is 30.3 Å². The van der Waals surface area contributed by atoms with E-state index >= 15 is 0 Å². The first kappa shape index (κ1) is 28.1. The van der Waals surface area contributed by atoms with E-state index in [9.17, 15) is 0 Å². The lowest BCUT2D eigenvalue weighted by Crippen LogP contribution is -1.96. The molecule has 1 nitrogen and oxygen atoms in total. The SMILES string of the molecule is CCCCCCCCCCCCCCCCCCCCCCCCOc1c[c]ccc1. The van der Waals surface area contributed by atoms with Gasteiger partial charge in [0.15, 0.2) is 0 Å². The van der Waals surface area contributed by atoms with Crippen molar-refractivity contribution in [2.45, 2.75) is 148 Å². The lowest BCUT2D eigenvalue weighted by atomic mass is 10.0. The molecule has 1 aromatic carbocycles. The fourth-order valence-electron chi connectivity index (χ4n) is 4.37. The topological polar surface area (TPSA) is 9.23 Å². The second kappa shape index (κ2) is 23.7. The molecule has 0 bridgehead atoms. The van der Waals surface area contributed by atoms with Gasteiger partial charge >= 0.3 is 0 Å². The molecule has 0 atom stereocenters. The molecule has 0 aliphatic carbocycles. The summed E-state index contributed by atoms with van der Waals surface area (Å²) in [4.78, 5) is 0. The molecule has 0 aromatic heterocycles. The first-order chi connectivity index (χ1) is 15.4. The average Bonchev–Trinajstić information content (AvgIpc) is 2.80. The van der Waals surface area contributed by atoms with E-state index in [2.05, 4.69) is 13.0 Å². The van der Waals surface area contributed by atoms with Gasteiger partial charge in [-0.25, -0.2) is 0 Å². The van der Waals surface area contributed by atoms with Crippen LogP contribution < -0.4 is 4.74 Å². The molecule has 31 heavy (non-hydrogen) atoms. The zero-order chi connectivity index (χ0) is 22.1. The molecule has 0 fully saturated rings. The van der Waals surface area contributed by atoms with Crippen LogP contribution in [0.15, 0.2) is 24.3 Å². The minimum atomic E-state index is 0.844. The maximum Gasteiger partial charge on any atom is 0.119 e. The summed E-state index contributed by atoms with van der Waals surface area (Å²) in [7, 11) is 0. The molecule has 0 unspecified atom stereocenters. The van der Waals surface area contributed by atoms with Crippen LogP contribution in [-0.4, -0.2) is 6.61 Å². The van der Waals surface area contributed by atoms with Crippen molar-refractivity contribution in [2.24, 2.45) is 0 Å². The standard InChI is InChI=1S/C30H53O/c1-2-3-4-5-6-7-8-9-10-11-12-13-14-15-16-17-18-19-20-21-22-26-29-31-30-27-24-23-25-28-30/h23-24,27-28H,2-22,26,29H2,1H3. The van der Waals surface area contributed by atoms with Crippen LogP contribution in [0, 0.1) is 6.07 Å². The van der Waals surface area contributed by atoms with Crippen LogP contribution >= 0.6 is 0 Å². The fraction of sp³-hybridized carbons (Fsp3) is 0.800. The number of benzene rings is 1. The summed E-state index contributed by atoms with van der Waals surface area (Å²) in [6.07, 6.45) is 31.5. The van der Waals surface area contributed by atoms with Crippen LogP contribution in [-0.2, 0) is 0 Å². The summed E-state index contributed by atoms with van der Waals surface area (Å²) >= 11 is 0. The van der Waals surface area contributed by atoms with E-state index in [1.165, 1.54) is 141 Å². The normalized spacial score (nSPS) is 11.1. The van der Waals surface area contributed by atoms with Crippen LogP contribution in [0.3, 0.4) is 0 Å². The van der Waals surface area contributed by atoms with Gasteiger partial charge in [0.2, 0.25) is 0 Å². The Bertz CT molecular complexity index is 441. The van der Waals surface area contributed by atoms with E-state index in [1.54, 1.807) is 0 Å². The van der Waals surface area contributed by atoms with E-state index in [1.807, 2.05) is 24.3 Å². The van der Waals surface area contributed by atoms with Gasteiger partial charge in [-0.3, -0.25) is 0 Å². The van der Waals surface area contributed by atoms with Gasteiger partial charge in [-0.05, 0) is 24.6 Å². The molecule has 0 N–H and O–H groups in total. The summed E-state index contributed by atoms with van der Waals surface area (Å²) in [6, 6.07) is 10.9. The molecule has 0 aliphatic rings. The van der Waals surface area contributed by atoms with E-state index in [-0.39, 0.29) is 0 Å². The Morgan fingerprint density at radius 2 is 0.935 bits per heavy atom. The quantitative estimate of drug-likeness (QED) is 0.148. The highest BCUT2D eigenvalue weighted by molar-refractivity contribution is 5.19. The third-order valence-electron chi connectivity index (χ3n) is 6.45. The van der Waals surface area contributed by atoms with Crippen molar-refractivity contribution < 1.29 is 4.74 Å². The van der Waals surface area contributed by atoms with Gasteiger partial charge in [-0.15, -0.1) is 0 Å². The van der Waals surface area contributed by atoms with Crippen LogP contribution in [0.25, 0.3) is 0 Å². The molecule has 0 saturated carbocycles. The van der Waals surface area contributed by atoms with Crippen LogP contribution in [0.2, 0.25) is 0 Å². The Balaban J connectivity index is 1.65. The molecule has 0 saturated heterocycles. The third-order valence-corrected chi connectivity index (χ3v) is 6.45. The smallest absolute Gasteiger partial charge is 0.119 e. The predicted octanol–water partition coefficient (Wildman–Crippen LogP) is 10.5. The molecule has 179 valence electrons. The number of hydrogen-bond acceptors (Lipinski definition) is 1. The summed E-state index contributed by atoms with van der Waals surface area (Å²) in [5, 5.41) is 0. The van der Waals surface area contributed by atoms with Crippen molar-refractivity contribution in [1.82, 2.24) is 0 Å². The predicted molar refractivity (Wildman–Crippen MR) is 138 cm³/mol.